The Labute approximate surface area is 210 Å². The van der Waals surface area contributed by atoms with Gasteiger partial charge in [-0.15, -0.1) is 5.10 Å². The minimum atomic E-state index is -2.88. The minimum Gasteiger partial charge on any atom is -0.471 e. The third kappa shape index (κ3) is 7.69. The molecule has 0 radical (unpaired) electrons. The van der Waals surface area contributed by atoms with Crippen LogP contribution in [0.3, 0.4) is 0 Å². The third-order valence-electron chi connectivity index (χ3n) is 7.15. The summed E-state index contributed by atoms with van der Waals surface area (Å²) < 4.78 is 46.4. The van der Waals surface area contributed by atoms with Crippen molar-refractivity contribution in [2.45, 2.75) is 70.3 Å². The first kappa shape index (κ1) is 26.4. The number of amides is 1. The number of hydrogen-bond donors (Lipinski definition) is 1. The molecule has 3 heterocycles. The number of hydrogen-bond acceptors (Lipinski definition) is 5. The zero-order valence-corrected chi connectivity index (χ0v) is 21.1. The summed E-state index contributed by atoms with van der Waals surface area (Å²) in [4.78, 5) is 19.3. The lowest BCUT2D eigenvalue weighted by atomic mass is 9.84. The first-order chi connectivity index (χ1) is 17.1. The van der Waals surface area contributed by atoms with Crippen molar-refractivity contribution < 1.29 is 22.7 Å². The van der Waals surface area contributed by atoms with Gasteiger partial charge in [-0.1, -0.05) is 6.07 Å². The number of nitrogens with zero attached hydrogens (tertiary/aromatic N) is 4. The topological polar surface area (TPSA) is 72.3 Å². The van der Waals surface area contributed by atoms with Crippen molar-refractivity contribution in [2.75, 3.05) is 26.2 Å². The maximum atomic E-state index is 13.7. The molecule has 1 amide bonds. The Hall–Kier alpha value is -2.62. The molecule has 1 N–H and O–H groups in total. The average Bonchev–Trinajstić information content (AvgIpc) is 3.01. The van der Waals surface area contributed by atoms with Crippen LogP contribution in [0.4, 0.5) is 13.2 Å². The van der Waals surface area contributed by atoms with E-state index in [-0.39, 0.29) is 24.2 Å². The van der Waals surface area contributed by atoms with Gasteiger partial charge in [0.15, 0.2) is 6.61 Å². The fourth-order valence-corrected chi connectivity index (χ4v) is 5.15. The summed E-state index contributed by atoms with van der Waals surface area (Å²) in [5, 5.41) is 6.71. The van der Waals surface area contributed by atoms with Gasteiger partial charge in [0.25, 0.3) is 5.92 Å². The van der Waals surface area contributed by atoms with Gasteiger partial charge in [-0.25, -0.2) is 13.8 Å². The molecule has 1 saturated carbocycles. The molecule has 36 heavy (non-hydrogen) atoms. The predicted octanol–water partition coefficient (Wildman–Crippen LogP) is 3.70. The van der Waals surface area contributed by atoms with Crippen molar-refractivity contribution in [1.29, 1.82) is 0 Å². The molecule has 0 aromatic carbocycles. The normalized spacial score (nSPS) is 21.0. The van der Waals surface area contributed by atoms with E-state index in [9.17, 15) is 18.0 Å². The van der Waals surface area contributed by atoms with Crippen LogP contribution in [0.1, 0.15) is 55.8 Å². The van der Waals surface area contributed by atoms with Crippen LogP contribution < -0.4 is 10.1 Å². The average molecular weight is 508 g/mol. The number of aromatic nitrogens is 3. The van der Waals surface area contributed by atoms with Crippen molar-refractivity contribution in [3.05, 3.63) is 41.1 Å². The summed E-state index contributed by atoms with van der Waals surface area (Å²) in [6.45, 7) is 3.03. The highest BCUT2D eigenvalue weighted by Gasteiger charge is 2.25. The van der Waals surface area contributed by atoms with Crippen LogP contribution in [-0.2, 0) is 31.1 Å². The van der Waals surface area contributed by atoms with Crippen LogP contribution in [0, 0.1) is 11.9 Å². The molecule has 0 saturated heterocycles. The smallest absolute Gasteiger partial charge is 0.278 e. The van der Waals surface area contributed by atoms with Gasteiger partial charge in [0.05, 0.1) is 6.42 Å². The van der Waals surface area contributed by atoms with Crippen LogP contribution in [0.25, 0.3) is 0 Å². The molecule has 7 nitrogen and oxygen atoms in total. The molecule has 0 spiro atoms. The lowest BCUT2D eigenvalue weighted by Gasteiger charge is -2.30. The maximum absolute atomic E-state index is 13.7. The van der Waals surface area contributed by atoms with E-state index < -0.39 is 18.5 Å². The molecule has 2 aromatic rings. The molecule has 2 aromatic heterocycles. The minimum absolute atomic E-state index is 0.0184. The number of carbonyl (C=O) groups excluding carboxylic acids is 1. The zero-order chi connectivity index (χ0) is 25.7. The van der Waals surface area contributed by atoms with Crippen LogP contribution >= 0.6 is 0 Å². The van der Waals surface area contributed by atoms with Gasteiger partial charge in [0.2, 0.25) is 17.7 Å². The highest BCUT2D eigenvalue weighted by atomic mass is 19.3. The molecule has 198 valence electrons. The van der Waals surface area contributed by atoms with E-state index in [4.69, 9.17) is 4.74 Å². The Bertz CT molecular complexity index is 1030. The summed E-state index contributed by atoms with van der Waals surface area (Å²) in [5.74, 6) is -2.72. The van der Waals surface area contributed by atoms with E-state index in [1.54, 1.807) is 19.3 Å². The maximum Gasteiger partial charge on any atom is 0.278 e. The molecular weight excluding hydrogens is 471 g/mol. The number of carbonyl (C=O) groups is 1. The van der Waals surface area contributed by atoms with Gasteiger partial charge in [-0.3, -0.25) is 9.48 Å². The highest BCUT2D eigenvalue weighted by molar-refractivity contribution is 5.78. The third-order valence-corrected chi connectivity index (χ3v) is 7.15. The summed E-state index contributed by atoms with van der Waals surface area (Å²) in [6, 6.07) is 3.79. The molecule has 2 aliphatic rings. The second kappa shape index (κ2) is 11.6. The molecule has 1 aliphatic heterocycles. The summed E-state index contributed by atoms with van der Waals surface area (Å²) in [6.07, 6.45) is 8.39. The van der Waals surface area contributed by atoms with Gasteiger partial charge in [0.1, 0.15) is 0 Å². The number of halogens is 3. The standard InChI is InChI=1S/C26H36F3N5O2/c1-26(28,29)17-36-24-8-5-19-10-13-34(14-11-22(19)31-24)12-9-18-3-6-21(7-4-18)30-23(35)15-20-16-33(2)32-25(20)27/h5,8,16,18,21H,3-4,6-7,9-15,17H2,1-2H3,(H,30,35). The van der Waals surface area contributed by atoms with Crippen molar-refractivity contribution in [3.8, 4) is 5.88 Å². The molecule has 10 heteroatoms. The number of pyridine rings is 1. The molecular formula is C26H36F3N5O2. The molecule has 0 unspecified atom stereocenters. The lowest BCUT2D eigenvalue weighted by Crippen LogP contribution is -2.39. The molecule has 1 fully saturated rings. The van der Waals surface area contributed by atoms with Crippen molar-refractivity contribution >= 4 is 5.91 Å². The van der Waals surface area contributed by atoms with Gasteiger partial charge in [0, 0.05) is 63.0 Å². The number of aryl methyl sites for hydroxylation is 1. The summed E-state index contributed by atoms with van der Waals surface area (Å²) in [5.41, 5.74) is 2.43. The summed E-state index contributed by atoms with van der Waals surface area (Å²) in [7, 11) is 1.64. The summed E-state index contributed by atoms with van der Waals surface area (Å²) >= 11 is 0. The van der Waals surface area contributed by atoms with Crippen LogP contribution in [0.2, 0.25) is 0 Å². The Morgan fingerprint density at radius 2 is 1.94 bits per heavy atom. The van der Waals surface area contributed by atoms with Crippen LogP contribution in [0.15, 0.2) is 18.3 Å². The Kier molecular flexibility index (Phi) is 8.54. The Balaban J connectivity index is 1.16. The monoisotopic (exact) mass is 507 g/mol. The second-order valence-electron chi connectivity index (χ2n) is 10.3. The van der Waals surface area contributed by atoms with Crippen LogP contribution in [-0.4, -0.2) is 63.8 Å². The Morgan fingerprint density at radius 3 is 2.64 bits per heavy atom. The number of ether oxygens (including phenoxy) is 1. The zero-order valence-electron chi connectivity index (χ0n) is 21.1. The van der Waals surface area contributed by atoms with E-state index in [0.29, 0.717) is 11.5 Å². The molecule has 4 rings (SSSR count). The fourth-order valence-electron chi connectivity index (χ4n) is 5.15. The highest BCUT2D eigenvalue weighted by Crippen LogP contribution is 2.28. The molecule has 0 bridgehead atoms. The van der Waals surface area contributed by atoms with Gasteiger partial charge in [-0.2, -0.15) is 4.39 Å². The predicted molar refractivity (Wildman–Crippen MR) is 130 cm³/mol. The number of fused-ring (bicyclic) bond motifs is 1. The first-order valence-electron chi connectivity index (χ1n) is 12.8. The Morgan fingerprint density at radius 1 is 1.19 bits per heavy atom. The van der Waals surface area contributed by atoms with E-state index >= 15 is 0 Å². The number of alkyl halides is 2. The van der Waals surface area contributed by atoms with Crippen LogP contribution in [0.5, 0.6) is 5.88 Å². The van der Waals surface area contributed by atoms with Crippen molar-refractivity contribution in [3.63, 3.8) is 0 Å². The fraction of sp³-hybridized carbons (Fsp3) is 0.654. The van der Waals surface area contributed by atoms with E-state index in [0.717, 1.165) is 82.8 Å². The largest absolute Gasteiger partial charge is 0.471 e. The van der Waals surface area contributed by atoms with Crippen molar-refractivity contribution in [2.24, 2.45) is 13.0 Å². The second-order valence-corrected chi connectivity index (χ2v) is 10.3. The van der Waals surface area contributed by atoms with Gasteiger partial charge < -0.3 is 15.0 Å². The van der Waals surface area contributed by atoms with Gasteiger partial charge >= 0.3 is 0 Å². The number of nitrogens with one attached hydrogen (secondary N) is 1. The van der Waals surface area contributed by atoms with Gasteiger partial charge in [-0.05, 0) is 56.6 Å². The molecule has 1 aliphatic carbocycles. The SMILES string of the molecule is Cn1cc(CC(=O)NC2CCC(CCN3CCc4ccc(OCC(C)(F)F)nc4CC3)CC2)c(F)n1. The number of rotatable bonds is 9. The van der Waals surface area contributed by atoms with E-state index in [2.05, 4.69) is 20.3 Å². The quantitative estimate of drug-likeness (QED) is 0.561. The molecule has 0 atom stereocenters. The van der Waals surface area contributed by atoms with E-state index in [1.807, 2.05) is 6.07 Å². The van der Waals surface area contributed by atoms with Crippen molar-refractivity contribution in [1.82, 2.24) is 25.0 Å². The van der Waals surface area contributed by atoms with E-state index in [1.165, 1.54) is 4.68 Å². The first-order valence-corrected chi connectivity index (χ1v) is 12.8. The lowest BCUT2D eigenvalue weighted by molar-refractivity contribution is -0.121.